The number of carbonyl (C=O) groups excluding carboxylic acids is 1. The van der Waals surface area contributed by atoms with Gasteiger partial charge in [0, 0.05) is 18.5 Å². The summed E-state index contributed by atoms with van der Waals surface area (Å²) in [5.74, 6) is -2.13. The van der Waals surface area contributed by atoms with Gasteiger partial charge in [0.1, 0.15) is 11.9 Å². The summed E-state index contributed by atoms with van der Waals surface area (Å²) in [5, 5.41) is 23.4. The number of rotatable bonds is 9. The lowest BCUT2D eigenvalue weighted by atomic mass is 9.91. The number of fused-ring (bicyclic) bond motifs is 1. The Morgan fingerprint density at radius 3 is 2.69 bits per heavy atom. The third-order valence-corrected chi connectivity index (χ3v) is 5.39. The number of benzene rings is 1. The SMILES string of the molecule is Nc1nc2c(c(=O)[nH]1)C[C@@H](CCc1ccc(C(=O)N[14C@@H]([14CH2][14CH2][14C](=O)O)[14C](=O)O)cc1)CN2. The van der Waals surface area contributed by atoms with Crippen molar-refractivity contribution in [2.75, 3.05) is 17.6 Å². The molecule has 0 bridgehead atoms. The van der Waals surface area contributed by atoms with Gasteiger partial charge in [-0.3, -0.25) is 19.4 Å². The zero-order valence-electron chi connectivity index (χ0n) is 17.3. The molecule has 1 aliphatic rings. The fourth-order valence-corrected chi connectivity index (χ4v) is 3.62. The van der Waals surface area contributed by atoms with E-state index in [4.69, 9.17) is 15.9 Å². The Morgan fingerprint density at radius 1 is 1.31 bits per heavy atom. The van der Waals surface area contributed by atoms with Crippen molar-refractivity contribution < 1.29 is 24.6 Å². The molecular weight excluding hydrogens is 428 g/mol. The molecule has 1 aliphatic heterocycles. The first-order valence-corrected chi connectivity index (χ1v) is 10.2. The van der Waals surface area contributed by atoms with Crippen molar-refractivity contribution in [1.82, 2.24) is 15.3 Å². The minimum Gasteiger partial charge on any atom is -0.481 e. The maximum atomic E-state index is 12.3. The number of aryl methyl sites for hydroxylation is 1. The van der Waals surface area contributed by atoms with Crippen LogP contribution in [0.3, 0.4) is 0 Å². The number of aromatic amines is 1. The average molecular weight is 453 g/mol. The molecular formula is C21H25N5O6. The molecule has 11 nitrogen and oxygen atoms in total. The summed E-state index contributed by atoms with van der Waals surface area (Å²) in [6.07, 6.45) is 1.60. The predicted molar refractivity (Wildman–Crippen MR) is 115 cm³/mol. The van der Waals surface area contributed by atoms with Crippen molar-refractivity contribution in [2.45, 2.75) is 38.1 Å². The lowest BCUT2D eigenvalue weighted by Gasteiger charge is -2.24. The van der Waals surface area contributed by atoms with Crippen LogP contribution in [0.5, 0.6) is 0 Å². The third kappa shape index (κ3) is 5.84. The van der Waals surface area contributed by atoms with Crippen molar-refractivity contribution in [3.05, 3.63) is 51.3 Å². The first-order valence-electron chi connectivity index (χ1n) is 10.2. The summed E-state index contributed by atoms with van der Waals surface area (Å²) in [6, 6.07) is 5.52. The van der Waals surface area contributed by atoms with E-state index in [-0.39, 0.29) is 30.3 Å². The normalized spacial score (nSPS) is 15.8. The molecule has 1 amide bonds. The van der Waals surface area contributed by atoms with Crippen LogP contribution in [0.15, 0.2) is 29.1 Å². The van der Waals surface area contributed by atoms with E-state index in [1.54, 1.807) is 24.3 Å². The second kappa shape index (κ2) is 9.94. The standard InChI is InChI=1S/C21H25N5O6/c22-21-25-17-14(19(30)26-21)9-12(10-23-17)2-1-11-3-5-13(6-4-11)18(29)24-15(20(31)32)7-8-16(27)28/h3-6,12,15H,1-2,7-10H2,(H,24,29)(H,27,28)(H,31,32)(H4,22,23,25,26,30)/t12-,15+/m1/s1/i7+2,8+2,15+2,16+2,20+2. The van der Waals surface area contributed by atoms with Crippen molar-refractivity contribution in [3.8, 4) is 0 Å². The number of amides is 1. The van der Waals surface area contributed by atoms with Gasteiger partial charge in [0.2, 0.25) is 5.95 Å². The van der Waals surface area contributed by atoms with E-state index in [2.05, 4.69) is 20.6 Å². The second-order valence-corrected chi connectivity index (χ2v) is 7.76. The predicted octanol–water partition coefficient (Wildman–Crippen LogP) is 0.617. The maximum Gasteiger partial charge on any atom is 0.326 e. The van der Waals surface area contributed by atoms with Gasteiger partial charge in [0.25, 0.3) is 11.5 Å². The fraction of sp³-hybridized carbons (Fsp3) is 0.381. The number of carboxylic acids is 2. The van der Waals surface area contributed by atoms with Gasteiger partial charge in [0.15, 0.2) is 0 Å². The molecule has 1 aromatic heterocycles. The summed E-state index contributed by atoms with van der Waals surface area (Å²) in [6.45, 7) is 0.677. The van der Waals surface area contributed by atoms with E-state index < -0.39 is 23.9 Å². The lowest BCUT2D eigenvalue weighted by molar-refractivity contribution is -0.140. The van der Waals surface area contributed by atoms with E-state index >= 15 is 0 Å². The summed E-state index contributed by atoms with van der Waals surface area (Å²) in [5.41, 5.74) is 7.22. The number of hydrogen-bond donors (Lipinski definition) is 6. The van der Waals surface area contributed by atoms with Gasteiger partial charge in [-0.1, -0.05) is 12.1 Å². The fourth-order valence-electron chi connectivity index (χ4n) is 3.62. The molecule has 3 rings (SSSR count). The third-order valence-electron chi connectivity index (χ3n) is 5.39. The number of nitrogens with one attached hydrogen (secondary N) is 3. The highest BCUT2D eigenvalue weighted by atomic mass is 16.7. The van der Waals surface area contributed by atoms with Crippen LogP contribution in [0.25, 0.3) is 0 Å². The van der Waals surface area contributed by atoms with Gasteiger partial charge in [0.05, 0.1) is 5.56 Å². The molecule has 170 valence electrons. The van der Waals surface area contributed by atoms with Crippen LogP contribution >= 0.6 is 0 Å². The smallest absolute Gasteiger partial charge is 0.326 e. The highest BCUT2D eigenvalue weighted by Crippen LogP contribution is 2.23. The van der Waals surface area contributed by atoms with Gasteiger partial charge in [-0.05, 0) is 49.3 Å². The van der Waals surface area contributed by atoms with E-state index in [1.807, 2.05) is 0 Å². The highest BCUT2D eigenvalue weighted by Gasteiger charge is 2.23. The van der Waals surface area contributed by atoms with Crippen LogP contribution in [0.4, 0.5) is 11.8 Å². The summed E-state index contributed by atoms with van der Waals surface area (Å²) in [4.78, 5) is 52.9. The minimum absolute atomic E-state index is 0.0837. The zero-order chi connectivity index (χ0) is 23.3. The molecule has 0 spiro atoms. The van der Waals surface area contributed by atoms with Crippen LogP contribution in [0, 0.1) is 5.92 Å². The summed E-state index contributed by atoms with van der Waals surface area (Å²) in [7, 11) is 0. The molecule has 2 heterocycles. The molecule has 7 N–H and O–H groups in total. The highest BCUT2D eigenvalue weighted by molar-refractivity contribution is 5.96. The topological polar surface area (TPSA) is 187 Å². The van der Waals surface area contributed by atoms with Crippen LogP contribution < -0.4 is 21.9 Å². The molecule has 0 saturated carbocycles. The van der Waals surface area contributed by atoms with Crippen molar-refractivity contribution in [1.29, 1.82) is 0 Å². The molecule has 11 heteroatoms. The number of nitrogens with two attached hydrogens (primary N) is 1. The largest absolute Gasteiger partial charge is 0.481 e. The van der Waals surface area contributed by atoms with Gasteiger partial charge >= 0.3 is 11.9 Å². The Morgan fingerprint density at radius 2 is 2.03 bits per heavy atom. The number of aliphatic carboxylic acids is 2. The van der Waals surface area contributed by atoms with Gasteiger partial charge < -0.3 is 26.6 Å². The summed E-state index contributed by atoms with van der Waals surface area (Å²) < 4.78 is 0. The molecule has 0 fully saturated rings. The van der Waals surface area contributed by atoms with Gasteiger partial charge in [-0.25, -0.2) is 4.79 Å². The second-order valence-electron chi connectivity index (χ2n) is 7.76. The number of hydrogen-bond acceptors (Lipinski definition) is 7. The molecule has 2 atom stereocenters. The molecule has 0 aliphatic carbocycles. The van der Waals surface area contributed by atoms with Gasteiger partial charge in [-0.2, -0.15) is 4.98 Å². The Hall–Kier alpha value is -3.89. The number of aromatic nitrogens is 2. The Labute approximate surface area is 183 Å². The van der Waals surface area contributed by atoms with Crippen LogP contribution in [0.1, 0.15) is 40.7 Å². The van der Waals surface area contributed by atoms with E-state index in [1.165, 1.54) is 0 Å². The number of nitrogen functional groups attached to an aromatic ring is 1. The van der Waals surface area contributed by atoms with E-state index in [9.17, 15) is 19.2 Å². The van der Waals surface area contributed by atoms with Crippen LogP contribution in [0.2, 0.25) is 0 Å². The zero-order valence-corrected chi connectivity index (χ0v) is 17.3. The summed E-state index contributed by atoms with van der Waals surface area (Å²) >= 11 is 0. The van der Waals surface area contributed by atoms with Crippen molar-refractivity contribution >= 4 is 29.6 Å². The number of H-pyrrole nitrogens is 1. The molecule has 32 heavy (non-hydrogen) atoms. The average Bonchev–Trinajstić information content (AvgIpc) is 2.75. The lowest BCUT2D eigenvalue weighted by Crippen LogP contribution is -2.41. The first-order chi connectivity index (χ1) is 15.2. The molecule has 0 saturated heterocycles. The molecule has 2 aromatic rings. The number of nitrogens with zero attached hydrogens (tertiary/aromatic N) is 1. The number of carboxylic acid groups (broad SMARTS) is 2. The van der Waals surface area contributed by atoms with Crippen LogP contribution in [-0.2, 0) is 22.4 Å². The van der Waals surface area contributed by atoms with Crippen molar-refractivity contribution in [3.63, 3.8) is 0 Å². The number of carbonyl (C=O) groups is 3. The Bertz CT molecular complexity index is 1070. The minimum atomic E-state index is -1.28. The van der Waals surface area contributed by atoms with E-state index in [0.29, 0.717) is 29.9 Å². The molecule has 0 radical (unpaired) electrons. The monoisotopic (exact) mass is 453 g/mol. The van der Waals surface area contributed by atoms with Crippen LogP contribution in [-0.4, -0.2) is 50.6 Å². The van der Waals surface area contributed by atoms with Gasteiger partial charge in [-0.15, -0.1) is 0 Å². The first kappa shape index (κ1) is 22.8. The Kier molecular flexibility index (Phi) is 7.08. The molecule has 1 aromatic carbocycles. The van der Waals surface area contributed by atoms with E-state index in [0.717, 1.165) is 18.4 Å². The number of anilines is 2. The maximum absolute atomic E-state index is 12.3. The molecule has 0 unspecified atom stereocenters. The van der Waals surface area contributed by atoms with Crippen molar-refractivity contribution in [2.24, 2.45) is 5.92 Å². The Balaban J connectivity index is 1.54. The quantitative estimate of drug-likeness (QED) is 0.316.